The highest BCUT2D eigenvalue weighted by atomic mass is 16.1. The maximum atomic E-state index is 11.3. The molecule has 96 valence electrons. The molecule has 1 aromatic carbocycles. The zero-order chi connectivity index (χ0) is 13.5. The summed E-state index contributed by atoms with van der Waals surface area (Å²) < 4.78 is 1.87. The van der Waals surface area contributed by atoms with Gasteiger partial charge in [-0.3, -0.25) is 9.59 Å². The van der Waals surface area contributed by atoms with Crippen molar-refractivity contribution >= 4 is 18.0 Å². The van der Waals surface area contributed by atoms with E-state index in [0.29, 0.717) is 18.6 Å². The van der Waals surface area contributed by atoms with Crippen LogP contribution in [0.15, 0.2) is 55.0 Å². The van der Waals surface area contributed by atoms with Crippen LogP contribution in [0.5, 0.6) is 0 Å². The van der Waals surface area contributed by atoms with E-state index < -0.39 is 0 Å². The Morgan fingerprint density at radius 1 is 1.32 bits per heavy atom. The van der Waals surface area contributed by atoms with Gasteiger partial charge < -0.3 is 9.88 Å². The molecule has 2 rings (SSSR count). The van der Waals surface area contributed by atoms with Crippen molar-refractivity contribution in [3.8, 4) is 0 Å². The summed E-state index contributed by atoms with van der Waals surface area (Å²) in [6, 6.07) is 9.94. The number of carbonyl (C=O) groups excluding carboxylic acids is 2. The van der Waals surface area contributed by atoms with E-state index in [1.807, 2.05) is 34.9 Å². The molecule has 0 saturated heterocycles. The summed E-state index contributed by atoms with van der Waals surface area (Å²) in [4.78, 5) is 25.5. The molecule has 2 aromatic rings. The Bertz CT molecular complexity index is 588. The van der Waals surface area contributed by atoms with Crippen LogP contribution in [-0.4, -0.2) is 21.7 Å². The number of allylic oxidation sites excluding steroid dienone is 1. The molecule has 1 N–H and O–H groups in total. The summed E-state index contributed by atoms with van der Waals surface area (Å²) in [5, 5.41) is 2.57. The topological polar surface area (TPSA) is 64.0 Å². The van der Waals surface area contributed by atoms with Crippen LogP contribution in [0.25, 0.3) is 0 Å². The molecule has 0 bridgehead atoms. The fourth-order valence-electron chi connectivity index (χ4n) is 1.60. The molecule has 0 radical (unpaired) electrons. The molecule has 0 atom stereocenters. The first-order chi connectivity index (χ1) is 9.28. The minimum Gasteiger partial charge on any atom is -0.331 e. The molecule has 0 saturated carbocycles. The van der Waals surface area contributed by atoms with Crippen molar-refractivity contribution in [2.75, 3.05) is 5.32 Å². The van der Waals surface area contributed by atoms with E-state index in [4.69, 9.17) is 0 Å². The normalized spacial score (nSPS) is 10.5. The van der Waals surface area contributed by atoms with Gasteiger partial charge in [-0.25, -0.2) is 4.98 Å². The zero-order valence-electron chi connectivity index (χ0n) is 10.2. The van der Waals surface area contributed by atoms with E-state index in [9.17, 15) is 9.59 Å². The van der Waals surface area contributed by atoms with Gasteiger partial charge in [0.2, 0.25) is 5.91 Å². The summed E-state index contributed by atoms with van der Waals surface area (Å²) in [6.07, 6.45) is 6.22. The number of aldehydes is 1. The van der Waals surface area contributed by atoms with E-state index in [0.717, 1.165) is 17.7 Å². The number of imidazole rings is 1. The van der Waals surface area contributed by atoms with Gasteiger partial charge in [0, 0.05) is 18.8 Å². The molecular formula is C14H13N3O2. The van der Waals surface area contributed by atoms with Crippen molar-refractivity contribution < 1.29 is 9.59 Å². The molecule has 19 heavy (non-hydrogen) atoms. The van der Waals surface area contributed by atoms with Gasteiger partial charge in [-0.2, -0.15) is 0 Å². The maximum absolute atomic E-state index is 11.3. The molecular weight excluding hydrogens is 242 g/mol. The SMILES string of the molecule is O=C/C=C/C(=O)Nc1cn(Cc2ccccc2)cn1. The third kappa shape index (κ3) is 3.92. The van der Waals surface area contributed by atoms with Crippen LogP contribution in [0.2, 0.25) is 0 Å². The molecule has 0 unspecified atom stereocenters. The number of nitrogens with zero attached hydrogens (tertiary/aromatic N) is 2. The van der Waals surface area contributed by atoms with Crippen LogP contribution in [-0.2, 0) is 16.1 Å². The number of aromatic nitrogens is 2. The number of hydrogen-bond acceptors (Lipinski definition) is 3. The first-order valence-electron chi connectivity index (χ1n) is 5.76. The first-order valence-corrected chi connectivity index (χ1v) is 5.76. The van der Waals surface area contributed by atoms with Crippen LogP contribution < -0.4 is 5.32 Å². The van der Waals surface area contributed by atoms with E-state index in [2.05, 4.69) is 10.3 Å². The molecule has 0 aliphatic rings. The zero-order valence-corrected chi connectivity index (χ0v) is 10.2. The molecule has 1 amide bonds. The van der Waals surface area contributed by atoms with Gasteiger partial charge in [0.25, 0.3) is 0 Å². The molecule has 1 aromatic heterocycles. The van der Waals surface area contributed by atoms with Gasteiger partial charge in [-0.1, -0.05) is 30.3 Å². The lowest BCUT2D eigenvalue weighted by atomic mass is 10.2. The van der Waals surface area contributed by atoms with Crippen LogP contribution in [0, 0.1) is 0 Å². The van der Waals surface area contributed by atoms with Gasteiger partial charge in [-0.15, -0.1) is 0 Å². The van der Waals surface area contributed by atoms with E-state index in [-0.39, 0.29) is 5.91 Å². The molecule has 0 spiro atoms. The van der Waals surface area contributed by atoms with Gasteiger partial charge in [0.05, 0.1) is 6.33 Å². The van der Waals surface area contributed by atoms with Crippen LogP contribution in [0.4, 0.5) is 5.82 Å². The molecule has 5 nitrogen and oxygen atoms in total. The number of anilines is 1. The number of amides is 1. The van der Waals surface area contributed by atoms with E-state index in [1.54, 1.807) is 12.5 Å². The fourth-order valence-corrected chi connectivity index (χ4v) is 1.60. The third-order valence-electron chi connectivity index (χ3n) is 2.42. The summed E-state index contributed by atoms with van der Waals surface area (Å²) in [7, 11) is 0. The number of benzene rings is 1. The maximum Gasteiger partial charge on any atom is 0.249 e. The monoisotopic (exact) mass is 255 g/mol. The van der Waals surface area contributed by atoms with Crippen LogP contribution in [0.3, 0.4) is 0 Å². The smallest absolute Gasteiger partial charge is 0.249 e. The third-order valence-corrected chi connectivity index (χ3v) is 2.42. The van der Waals surface area contributed by atoms with Crippen molar-refractivity contribution in [2.45, 2.75) is 6.54 Å². The quantitative estimate of drug-likeness (QED) is 0.652. The fraction of sp³-hybridized carbons (Fsp3) is 0.0714. The summed E-state index contributed by atoms with van der Waals surface area (Å²) >= 11 is 0. The van der Waals surface area contributed by atoms with E-state index in [1.165, 1.54) is 0 Å². The van der Waals surface area contributed by atoms with E-state index >= 15 is 0 Å². The first kappa shape index (κ1) is 12.8. The van der Waals surface area contributed by atoms with Crippen molar-refractivity contribution in [3.63, 3.8) is 0 Å². The van der Waals surface area contributed by atoms with Gasteiger partial charge in [0.15, 0.2) is 5.82 Å². The summed E-state index contributed by atoms with van der Waals surface area (Å²) in [5.74, 6) is 0.0774. The second kappa shape index (κ2) is 6.30. The number of nitrogens with one attached hydrogen (secondary N) is 1. The molecule has 0 aliphatic heterocycles. The van der Waals surface area contributed by atoms with Crippen molar-refractivity contribution in [1.29, 1.82) is 0 Å². The lowest BCUT2D eigenvalue weighted by Gasteiger charge is -2.01. The number of carbonyl (C=O) groups is 2. The summed E-state index contributed by atoms with van der Waals surface area (Å²) in [5.41, 5.74) is 1.15. The van der Waals surface area contributed by atoms with Crippen molar-refractivity contribution in [1.82, 2.24) is 9.55 Å². The standard InChI is InChI=1S/C14H13N3O2/c18-8-4-7-14(19)16-13-10-17(11-15-13)9-12-5-2-1-3-6-12/h1-8,10-11H,9H2,(H,16,19)/b7-4+. The average molecular weight is 255 g/mol. The minimum absolute atomic E-state index is 0.378. The lowest BCUT2D eigenvalue weighted by molar-refractivity contribution is -0.112. The summed E-state index contributed by atoms with van der Waals surface area (Å²) in [6.45, 7) is 0.688. The average Bonchev–Trinajstić information content (AvgIpc) is 2.85. The molecule has 0 aliphatic carbocycles. The van der Waals surface area contributed by atoms with Crippen LogP contribution >= 0.6 is 0 Å². The largest absolute Gasteiger partial charge is 0.331 e. The van der Waals surface area contributed by atoms with Gasteiger partial charge in [0.1, 0.15) is 6.29 Å². The van der Waals surface area contributed by atoms with Crippen LogP contribution in [0.1, 0.15) is 5.56 Å². The highest BCUT2D eigenvalue weighted by Gasteiger charge is 2.02. The van der Waals surface area contributed by atoms with Gasteiger partial charge in [-0.05, 0) is 11.6 Å². The van der Waals surface area contributed by atoms with Crippen molar-refractivity contribution in [2.24, 2.45) is 0 Å². The Labute approximate surface area is 110 Å². The Morgan fingerprint density at radius 3 is 2.84 bits per heavy atom. The predicted octanol–water partition coefficient (Wildman–Crippen LogP) is 1.62. The second-order valence-electron chi connectivity index (χ2n) is 3.90. The van der Waals surface area contributed by atoms with Crippen molar-refractivity contribution in [3.05, 3.63) is 60.6 Å². The van der Waals surface area contributed by atoms with Gasteiger partial charge >= 0.3 is 0 Å². The number of rotatable bonds is 5. The Kier molecular flexibility index (Phi) is 4.23. The Hall–Kier alpha value is -2.69. The highest BCUT2D eigenvalue weighted by molar-refractivity contribution is 6.00. The Morgan fingerprint density at radius 2 is 2.11 bits per heavy atom. The lowest BCUT2D eigenvalue weighted by Crippen LogP contribution is -2.08. The minimum atomic E-state index is -0.378. The second-order valence-corrected chi connectivity index (χ2v) is 3.90. The molecule has 0 fully saturated rings. The predicted molar refractivity (Wildman–Crippen MR) is 71.6 cm³/mol. The highest BCUT2D eigenvalue weighted by Crippen LogP contribution is 2.07. The number of hydrogen-bond donors (Lipinski definition) is 1. The Balaban J connectivity index is 1.97. The molecule has 1 heterocycles. The molecule has 5 heteroatoms.